The number of likely N-dealkylation sites (tertiary alicyclic amines) is 1. The highest BCUT2D eigenvalue weighted by Gasteiger charge is 2.19. The molecule has 94 valence electrons. The molecule has 2 rings (SSSR count). The standard InChI is InChI=1S/C14H23N3/c1-12-5-3-7-14(16-12)11-17-8-4-6-13(10-17)9-15-2/h3,5,7,13,15H,4,6,8-11H2,1-2H3. The van der Waals surface area contributed by atoms with E-state index in [9.17, 15) is 0 Å². The topological polar surface area (TPSA) is 28.2 Å². The number of hydrogen-bond acceptors (Lipinski definition) is 3. The Labute approximate surface area is 104 Å². The van der Waals surface area contributed by atoms with Crippen LogP contribution in [0.4, 0.5) is 0 Å². The van der Waals surface area contributed by atoms with Crippen molar-refractivity contribution < 1.29 is 0 Å². The first-order valence-electron chi connectivity index (χ1n) is 6.57. The van der Waals surface area contributed by atoms with Crippen LogP contribution in [0.25, 0.3) is 0 Å². The minimum absolute atomic E-state index is 0.804. The molecule has 3 heteroatoms. The van der Waals surface area contributed by atoms with Gasteiger partial charge in [-0.25, -0.2) is 0 Å². The average Bonchev–Trinajstić information content (AvgIpc) is 2.30. The lowest BCUT2D eigenvalue weighted by Crippen LogP contribution is -2.38. The summed E-state index contributed by atoms with van der Waals surface area (Å²) in [5.74, 6) is 0.804. The third-order valence-electron chi connectivity index (χ3n) is 3.43. The van der Waals surface area contributed by atoms with Crippen molar-refractivity contribution in [3.63, 3.8) is 0 Å². The molecule has 0 bridgehead atoms. The van der Waals surface area contributed by atoms with Crippen molar-refractivity contribution >= 4 is 0 Å². The Morgan fingerprint density at radius 3 is 3.12 bits per heavy atom. The molecule has 1 aliphatic rings. The van der Waals surface area contributed by atoms with Gasteiger partial charge in [0.25, 0.3) is 0 Å². The number of nitrogens with one attached hydrogen (secondary N) is 1. The molecule has 1 unspecified atom stereocenters. The van der Waals surface area contributed by atoms with Gasteiger partial charge in [0.1, 0.15) is 0 Å². The monoisotopic (exact) mass is 233 g/mol. The van der Waals surface area contributed by atoms with Crippen LogP contribution in [-0.4, -0.2) is 36.6 Å². The molecule has 3 nitrogen and oxygen atoms in total. The molecule has 1 fully saturated rings. The molecule has 0 saturated carbocycles. The van der Waals surface area contributed by atoms with Gasteiger partial charge < -0.3 is 5.32 Å². The minimum atomic E-state index is 0.804. The van der Waals surface area contributed by atoms with E-state index in [-0.39, 0.29) is 0 Å². The number of pyridine rings is 1. The highest BCUT2D eigenvalue weighted by atomic mass is 15.1. The molecule has 1 saturated heterocycles. The molecule has 0 aromatic carbocycles. The summed E-state index contributed by atoms with van der Waals surface area (Å²) < 4.78 is 0. The molecular formula is C14H23N3. The predicted octanol–water partition coefficient (Wildman–Crippen LogP) is 1.82. The Hall–Kier alpha value is -0.930. The molecule has 1 aromatic heterocycles. The Kier molecular flexibility index (Phi) is 4.51. The summed E-state index contributed by atoms with van der Waals surface area (Å²) in [6.45, 7) is 6.62. The van der Waals surface area contributed by atoms with E-state index in [1.165, 1.54) is 31.6 Å². The summed E-state index contributed by atoms with van der Waals surface area (Å²) in [5, 5.41) is 3.29. The van der Waals surface area contributed by atoms with Gasteiger partial charge in [0, 0.05) is 18.8 Å². The van der Waals surface area contributed by atoms with Crippen LogP contribution in [0.5, 0.6) is 0 Å². The van der Waals surface area contributed by atoms with Crippen LogP contribution in [0, 0.1) is 12.8 Å². The highest BCUT2D eigenvalue weighted by molar-refractivity contribution is 5.09. The summed E-state index contributed by atoms with van der Waals surface area (Å²) in [6, 6.07) is 6.30. The molecule has 2 heterocycles. The van der Waals surface area contributed by atoms with Gasteiger partial charge in [-0.05, 0) is 58.0 Å². The van der Waals surface area contributed by atoms with Crippen LogP contribution in [-0.2, 0) is 6.54 Å². The molecule has 1 N–H and O–H groups in total. The van der Waals surface area contributed by atoms with Crippen LogP contribution in [0.15, 0.2) is 18.2 Å². The zero-order chi connectivity index (χ0) is 12.1. The zero-order valence-corrected chi connectivity index (χ0v) is 10.9. The van der Waals surface area contributed by atoms with E-state index in [2.05, 4.69) is 40.3 Å². The van der Waals surface area contributed by atoms with Crippen molar-refractivity contribution in [2.45, 2.75) is 26.3 Å². The van der Waals surface area contributed by atoms with Gasteiger partial charge in [0.15, 0.2) is 0 Å². The Bertz CT molecular complexity index is 349. The fourth-order valence-corrected chi connectivity index (χ4v) is 2.67. The van der Waals surface area contributed by atoms with Gasteiger partial charge in [-0.1, -0.05) is 6.07 Å². The lowest BCUT2D eigenvalue weighted by atomic mass is 9.98. The summed E-state index contributed by atoms with van der Waals surface area (Å²) in [4.78, 5) is 7.12. The van der Waals surface area contributed by atoms with Crippen molar-refractivity contribution in [1.82, 2.24) is 15.2 Å². The highest BCUT2D eigenvalue weighted by Crippen LogP contribution is 2.17. The average molecular weight is 233 g/mol. The van der Waals surface area contributed by atoms with E-state index < -0.39 is 0 Å². The van der Waals surface area contributed by atoms with E-state index in [1.807, 2.05) is 7.05 Å². The molecule has 1 aromatic rings. The van der Waals surface area contributed by atoms with Crippen LogP contribution in [0.3, 0.4) is 0 Å². The van der Waals surface area contributed by atoms with Crippen molar-refractivity contribution in [3.8, 4) is 0 Å². The van der Waals surface area contributed by atoms with Crippen molar-refractivity contribution in [2.24, 2.45) is 5.92 Å². The predicted molar refractivity (Wildman–Crippen MR) is 70.9 cm³/mol. The maximum Gasteiger partial charge on any atom is 0.0547 e. The fraction of sp³-hybridized carbons (Fsp3) is 0.643. The molecule has 1 atom stereocenters. The summed E-state index contributed by atoms with van der Waals surface area (Å²) in [7, 11) is 2.04. The number of aryl methyl sites for hydroxylation is 1. The van der Waals surface area contributed by atoms with Crippen molar-refractivity contribution in [3.05, 3.63) is 29.6 Å². The maximum absolute atomic E-state index is 4.58. The number of rotatable bonds is 4. The molecule has 0 aliphatic carbocycles. The van der Waals surface area contributed by atoms with E-state index in [1.54, 1.807) is 0 Å². The van der Waals surface area contributed by atoms with Gasteiger partial charge in [-0.15, -0.1) is 0 Å². The number of piperidine rings is 1. The van der Waals surface area contributed by atoms with E-state index >= 15 is 0 Å². The second-order valence-corrected chi connectivity index (χ2v) is 5.07. The van der Waals surface area contributed by atoms with Crippen molar-refractivity contribution in [2.75, 3.05) is 26.7 Å². The minimum Gasteiger partial charge on any atom is -0.319 e. The van der Waals surface area contributed by atoms with Gasteiger partial charge >= 0.3 is 0 Å². The smallest absolute Gasteiger partial charge is 0.0547 e. The number of hydrogen-bond donors (Lipinski definition) is 1. The summed E-state index contributed by atoms with van der Waals surface area (Å²) in [5.41, 5.74) is 2.32. The molecule has 1 aliphatic heterocycles. The van der Waals surface area contributed by atoms with Crippen LogP contribution < -0.4 is 5.32 Å². The normalized spacial score (nSPS) is 21.6. The van der Waals surface area contributed by atoms with Crippen LogP contribution in [0.1, 0.15) is 24.2 Å². The molecular weight excluding hydrogens is 210 g/mol. The van der Waals surface area contributed by atoms with Gasteiger partial charge in [-0.2, -0.15) is 0 Å². The first-order chi connectivity index (χ1) is 8.28. The molecule has 0 amide bonds. The second kappa shape index (κ2) is 6.12. The molecule has 0 radical (unpaired) electrons. The first kappa shape index (κ1) is 12.5. The van der Waals surface area contributed by atoms with Crippen molar-refractivity contribution in [1.29, 1.82) is 0 Å². The fourth-order valence-electron chi connectivity index (χ4n) is 2.67. The SMILES string of the molecule is CNCC1CCCN(Cc2cccc(C)n2)C1. The van der Waals surface area contributed by atoms with Gasteiger partial charge in [0.2, 0.25) is 0 Å². The first-order valence-corrected chi connectivity index (χ1v) is 6.57. The van der Waals surface area contributed by atoms with Crippen LogP contribution >= 0.6 is 0 Å². The van der Waals surface area contributed by atoms with Crippen LogP contribution in [0.2, 0.25) is 0 Å². The van der Waals surface area contributed by atoms with E-state index in [0.29, 0.717) is 0 Å². The molecule has 0 spiro atoms. The second-order valence-electron chi connectivity index (χ2n) is 5.07. The number of nitrogens with zero attached hydrogens (tertiary/aromatic N) is 2. The zero-order valence-electron chi connectivity index (χ0n) is 10.9. The largest absolute Gasteiger partial charge is 0.319 e. The quantitative estimate of drug-likeness (QED) is 0.860. The van der Waals surface area contributed by atoms with E-state index in [0.717, 1.165) is 24.7 Å². The van der Waals surface area contributed by atoms with Gasteiger partial charge in [-0.3, -0.25) is 9.88 Å². The van der Waals surface area contributed by atoms with Gasteiger partial charge in [0.05, 0.1) is 5.69 Å². The Morgan fingerprint density at radius 1 is 1.47 bits per heavy atom. The lowest BCUT2D eigenvalue weighted by molar-refractivity contribution is 0.165. The molecule has 17 heavy (non-hydrogen) atoms. The number of aromatic nitrogens is 1. The Morgan fingerprint density at radius 2 is 2.35 bits per heavy atom. The maximum atomic E-state index is 4.58. The third kappa shape index (κ3) is 3.79. The third-order valence-corrected chi connectivity index (χ3v) is 3.43. The summed E-state index contributed by atoms with van der Waals surface area (Å²) in [6.07, 6.45) is 2.68. The Balaban J connectivity index is 1.90. The lowest BCUT2D eigenvalue weighted by Gasteiger charge is -2.32. The summed E-state index contributed by atoms with van der Waals surface area (Å²) >= 11 is 0. The van der Waals surface area contributed by atoms with E-state index in [4.69, 9.17) is 0 Å².